The average Bonchev–Trinajstić information content (AvgIpc) is 3.17. The van der Waals surface area contributed by atoms with Gasteiger partial charge in [0.2, 0.25) is 0 Å². The number of piperidine rings is 2. The maximum absolute atomic E-state index is 4.91. The molecule has 2 fully saturated rings. The van der Waals surface area contributed by atoms with Crippen LogP contribution >= 0.6 is 0 Å². The van der Waals surface area contributed by atoms with Crippen LogP contribution in [0.25, 0.3) is 0 Å². The molecule has 29 heavy (non-hydrogen) atoms. The van der Waals surface area contributed by atoms with Crippen LogP contribution in [0.4, 0.5) is 0 Å². The van der Waals surface area contributed by atoms with E-state index >= 15 is 0 Å². The Hall–Kier alpha value is -2.34. The number of nitrogens with zero attached hydrogens (tertiary/aromatic N) is 5. The molecule has 2 unspecified atom stereocenters. The Bertz CT molecular complexity index is 799. The highest BCUT2D eigenvalue weighted by molar-refractivity contribution is 5.80. The normalized spacial score (nSPS) is 23.1. The Labute approximate surface area is 174 Å². The topological polar surface area (TPSA) is 48.7 Å². The van der Waals surface area contributed by atoms with E-state index < -0.39 is 0 Å². The molecule has 2 atom stereocenters. The molecule has 6 heteroatoms. The SMILES string of the molecule is CCNC(=NCc1cnn(C)c1)N1CCC2C(CCCN2Cc2ccccc2)C1. The van der Waals surface area contributed by atoms with Gasteiger partial charge in [-0.05, 0) is 44.2 Å². The molecule has 1 N–H and O–H groups in total. The Morgan fingerprint density at radius 3 is 2.79 bits per heavy atom. The smallest absolute Gasteiger partial charge is 0.194 e. The average molecular weight is 395 g/mol. The van der Waals surface area contributed by atoms with Gasteiger partial charge in [-0.1, -0.05) is 30.3 Å². The molecule has 0 spiro atoms. The second-order valence-electron chi connectivity index (χ2n) is 8.35. The van der Waals surface area contributed by atoms with Crippen molar-refractivity contribution in [2.24, 2.45) is 18.0 Å². The van der Waals surface area contributed by atoms with Crippen molar-refractivity contribution in [3.63, 3.8) is 0 Å². The molecule has 0 saturated carbocycles. The highest BCUT2D eigenvalue weighted by Gasteiger charge is 2.36. The van der Waals surface area contributed by atoms with Crippen LogP contribution in [0.2, 0.25) is 0 Å². The molecule has 156 valence electrons. The van der Waals surface area contributed by atoms with Crippen LogP contribution in [0.3, 0.4) is 0 Å². The zero-order chi connectivity index (χ0) is 20.1. The highest BCUT2D eigenvalue weighted by Crippen LogP contribution is 2.31. The number of hydrogen-bond donors (Lipinski definition) is 1. The quantitative estimate of drug-likeness (QED) is 0.626. The summed E-state index contributed by atoms with van der Waals surface area (Å²) in [7, 11) is 1.95. The van der Waals surface area contributed by atoms with Crippen molar-refractivity contribution in [2.45, 2.75) is 45.3 Å². The molecule has 1 aromatic heterocycles. The van der Waals surface area contributed by atoms with E-state index in [4.69, 9.17) is 4.99 Å². The molecule has 2 aliphatic heterocycles. The predicted octanol–water partition coefficient (Wildman–Crippen LogP) is 2.87. The minimum absolute atomic E-state index is 0.681. The van der Waals surface area contributed by atoms with Gasteiger partial charge in [-0.25, -0.2) is 4.99 Å². The summed E-state index contributed by atoms with van der Waals surface area (Å²) in [6.07, 6.45) is 7.79. The number of guanidine groups is 1. The third-order valence-electron chi connectivity index (χ3n) is 6.22. The molecule has 6 nitrogen and oxygen atoms in total. The van der Waals surface area contributed by atoms with E-state index in [1.165, 1.54) is 31.4 Å². The Kier molecular flexibility index (Phi) is 6.49. The van der Waals surface area contributed by atoms with Crippen molar-refractivity contribution in [3.05, 3.63) is 53.9 Å². The molecule has 0 bridgehead atoms. The van der Waals surface area contributed by atoms with E-state index in [1.54, 1.807) is 0 Å². The third kappa shape index (κ3) is 4.99. The zero-order valence-electron chi connectivity index (χ0n) is 17.8. The summed E-state index contributed by atoms with van der Waals surface area (Å²) in [6, 6.07) is 11.6. The fourth-order valence-corrected chi connectivity index (χ4v) is 4.86. The van der Waals surface area contributed by atoms with Gasteiger partial charge in [-0.3, -0.25) is 9.58 Å². The van der Waals surface area contributed by atoms with Gasteiger partial charge in [0.15, 0.2) is 5.96 Å². The first-order valence-corrected chi connectivity index (χ1v) is 11.0. The molecular formula is C23H34N6. The molecule has 0 aliphatic carbocycles. The number of aryl methyl sites for hydroxylation is 1. The number of benzene rings is 1. The number of nitrogens with one attached hydrogen (secondary N) is 1. The van der Waals surface area contributed by atoms with Crippen LogP contribution in [0, 0.1) is 5.92 Å². The van der Waals surface area contributed by atoms with E-state index in [1.807, 2.05) is 24.1 Å². The summed E-state index contributed by atoms with van der Waals surface area (Å²) in [6.45, 7) is 8.22. The fraction of sp³-hybridized carbons (Fsp3) is 0.565. The second-order valence-corrected chi connectivity index (χ2v) is 8.35. The summed E-state index contributed by atoms with van der Waals surface area (Å²) in [5, 5.41) is 7.77. The maximum Gasteiger partial charge on any atom is 0.194 e. The second kappa shape index (κ2) is 9.44. The lowest BCUT2D eigenvalue weighted by atomic mass is 9.83. The predicted molar refractivity (Wildman–Crippen MR) is 118 cm³/mol. The van der Waals surface area contributed by atoms with Crippen molar-refractivity contribution in [3.8, 4) is 0 Å². The van der Waals surface area contributed by atoms with Gasteiger partial charge >= 0.3 is 0 Å². The lowest BCUT2D eigenvalue weighted by Gasteiger charge is -2.48. The van der Waals surface area contributed by atoms with E-state index in [9.17, 15) is 0 Å². The summed E-state index contributed by atoms with van der Waals surface area (Å²) in [4.78, 5) is 10.1. The number of hydrogen-bond acceptors (Lipinski definition) is 3. The first kappa shape index (κ1) is 20.0. The van der Waals surface area contributed by atoms with Crippen molar-refractivity contribution >= 4 is 5.96 Å². The number of likely N-dealkylation sites (tertiary alicyclic amines) is 2. The molecule has 0 amide bonds. The standard InChI is InChI=1S/C23H34N6/c1-3-24-23(25-14-20-15-26-27(2)16-20)29-13-11-22-21(18-29)10-7-12-28(22)17-19-8-5-4-6-9-19/h4-6,8-9,15-16,21-22H,3,7,10-14,17-18H2,1-2H3,(H,24,25). The molecule has 2 aromatic rings. The lowest BCUT2D eigenvalue weighted by Crippen LogP contribution is -2.56. The van der Waals surface area contributed by atoms with Crippen molar-refractivity contribution in [2.75, 3.05) is 26.2 Å². The van der Waals surface area contributed by atoms with Gasteiger partial charge in [0.25, 0.3) is 0 Å². The molecular weight excluding hydrogens is 360 g/mol. The van der Waals surface area contributed by atoms with Crippen LogP contribution < -0.4 is 5.32 Å². The number of aliphatic imine (C=N–C) groups is 1. The van der Waals surface area contributed by atoms with Gasteiger partial charge in [0.1, 0.15) is 0 Å². The number of fused-ring (bicyclic) bond motifs is 1. The largest absolute Gasteiger partial charge is 0.357 e. The van der Waals surface area contributed by atoms with Gasteiger partial charge in [-0.15, -0.1) is 0 Å². The van der Waals surface area contributed by atoms with E-state index in [2.05, 4.69) is 57.5 Å². The summed E-state index contributed by atoms with van der Waals surface area (Å²) in [5.41, 5.74) is 2.59. The molecule has 2 aliphatic rings. The van der Waals surface area contributed by atoms with Crippen LogP contribution in [0.5, 0.6) is 0 Å². The van der Waals surface area contributed by atoms with E-state index in [0.29, 0.717) is 12.6 Å². The highest BCUT2D eigenvalue weighted by atomic mass is 15.3. The molecule has 2 saturated heterocycles. The Morgan fingerprint density at radius 1 is 1.17 bits per heavy atom. The third-order valence-corrected chi connectivity index (χ3v) is 6.22. The van der Waals surface area contributed by atoms with Crippen LogP contribution in [-0.4, -0.2) is 57.8 Å². The summed E-state index contributed by atoms with van der Waals surface area (Å²) < 4.78 is 1.84. The van der Waals surface area contributed by atoms with Gasteiger partial charge in [0, 0.05) is 51.0 Å². The lowest BCUT2D eigenvalue weighted by molar-refractivity contribution is 0.0372. The molecule has 1 aromatic carbocycles. The first-order valence-electron chi connectivity index (χ1n) is 11.0. The van der Waals surface area contributed by atoms with Crippen molar-refractivity contribution < 1.29 is 0 Å². The van der Waals surface area contributed by atoms with Crippen LogP contribution in [0.1, 0.15) is 37.3 Å². The zero-order valence-corrected chi connectivity index (χ0v) is 17.8. The number of rotatable bonds is 5. The van der Waals surface area contributed by atoms with Gasteiger partial charge in [0.05, 0.1) is 12.7 Å². The van der Waals surface area contributed by atoms with Gasteiger partial charge in [-0.2, -0.15) is 5.10 Å². The van der Waals surface area contributed by atoms with Crippen LogP contribution in [-0.2, 0) is 20.1 Å². The van der Waals surface area contributed by atoms with Gasteiger partial charge < -0.3 is 10.2 Å². The maximum atomic E-state index is 4.91. The molecule has 3 heterocycles. The summed E-state index contributed by atoms with van der Waals surface area (Å²) in [5.74, 6) is 1.78. The monoisotopic (exact) mass is 394 g/mol. The number of aromatic nitrogens is 2. The Morgan fingerprint density at radius 2 is 2.03 bits per heavy atom. The van der Waals surface area contributed by atoms with Crippen LogP contribution in [0.15, 0.2) is 47.7 Å². The first-order chi connectivity index (χ1) is 14.2. The fourth-order valence-electron chi connectivity index (χ4n) is 4.86. The molecule has 0 radical (unpaired) electrons. The summed E-state index contributed by atoms with van der Waals surface area (Å²) >= 11 is 0. The van der Waals surface area contributed by atoms with E-state index in [0.717, 1.165) is 43.6 Å². The molecule has 4 rings (SSSR count). The minimum Gasteiger partial charge on any atom is -0.357 e. The van der Waals surface area contributed by atoms with Crippen molar-refractivity contribution in [1.29, 1.82) is 0 Å². The van der Waals surface area contributed by atoms with Crippen molar-refractivity contribution in [1.82, 2.24) is 24.9 Å². The van der Waals surface area contributed by atoms with E-state index in [-0.39, 0.29) is 0 Å². The Balaban J connectivity index is 1.40. The minimum atomic E-state index is 0.681.